The zero-order chi connectivity index (χ0) is 30.0. The van der Waals surface area contributed by atoms with Gasteiger partial charge in [0.05, 0.1) is 22.2 Å². The molecule has 0 aromatic heterocycles. The molecule has 2 amide bonds. The molecule has 2 aromatic carbocycles. The molecule has 3 saturated heterocycles. The number of nitrogens with zero attached hydrogens (tertiary/aromatic N) is 3. The Bertz CT molecular complexity index is 1270. The highest BCUT2D eigenvalue weighted by molar-refractivity contribution is 6.42. The minimum Gasteiger partial charge on any atom is -0.490 e. The molecule has 0 aliphatic carbocycles. The van der Waals surface area contributed by atoms with Gasteiger partial charge in [-0.05, 0) is 74.6 Å². The van der Waals surface area contributed by atoms with Crippen LogP contribution >= 0.6 is 23.2 Å². The van der Waals surface area contributed by atoms with E-state index in [-0.39, 0.29) is 29.7 Å². The third-order valence-electron chi connectivity index (χ3n) is 8.91. The van der Waals surface area contributed by atoms with Gasteiger partial charge in [-0.25, -0.2) is 0 Å². The minimum absolute atomic E-state index is 0.0248. The lowest BCUT2D eigenvalue weighted by atomic mass is 9.85. The number of ether oxygens (including phenoxy) is 1. The molecule has 0 bridgehead atoms. The molecule has 3 heterocycles. The Balaban J connectivity index is 1.24. The number of likely N-dealkylation sites (tertiary alicyclic amines) is 3. The van der Waals surface area contributed by atoms with Gasteiger partial charge < -0.3 is 14.5 Å². The highest BCUT2D eigenvalue weighted by atomic mass is 35.5. The molecular formula is C31H36Cl2F3N3O3. The lowest BCUT2D eigenvalue weighted by Crippen LogP contribution is -2.50. The van der Waals surface area contributed by atoms with Crippen molar-refractivity contribution in [2.75, 3.05) is 39.3 Å². The zero-order valence-corrected chi connectivity index (χ0v) is 25.1. The van der Waals surface area contributed by atoms with E-state index in [9.17, 15) is 22.8 Å². The Morgan fingerprint density at radius 2 is 1.71 bits per heavy atom. The van der Waals surface area contributed by atoms with Crippen LogP contribution < -0.4 is 4.74 Å². The van der Waals surface area contributed by atoms with Crippen LogP contribution in [-0.2, 0) is 15.8 Å². The van der Waals surface area contributed by atoms with Gasteiger partial charge in [0.25, 0.3) is 0 Å². The third kappa shape index (κ3) is 7.17. The van der Waals surface area contributed by atoms with Crippen LogP contribution in [0.3, 0.4) is 0 Å². The van der Waals surface area contributed by atoms with Crippen LogP contribution in [-0.4, -0.2) is 77.9 Å². The summed E-state index contributed by atoms with van der Waals surface area (Å²) in [6.45, 7) is 5.47. The van der Waals surface area contributed by atoms with Crippen molar-refractivity contribution in [1.29, 1.82) is 0 Å². The predicted molar refractivity (Wildman–Crippen MR) is 156 cm³/mol. The van der Waals surface area contributed by atoms with Crippen molar-refractivity contribution in [2.24, 2.45) is 5.92 Å². The van der Waals surface area contributed by atoms with Crippen molar-refractivity contribution in [3.63, 3.8) is 0 Å². The van der Waals surface area contributed by atoms with Gasteiger partial charge in [0.15, 0.2) is 0 Å². The van der Waals surface area contributed by atoms with Crippen LogP contribution in [0.25, 0.3) is 0 Å². The molecule has 3 aliphatic heterocycles. The Kier molecular flexibility index (Phi) is 9.59. The summed E-state index contributed by atoms with van der Waals surface area (Å²) in [6.07, 6.45) is -0.419. The number of rotatable bonds is 7. The molecule has 42 heavy (non-hydrogen) atoms. The van der Waals surface area contributed by atoms with Crippen molar-refractivity contribution in [1.82, 2.24) is 14.7 Å². The average molecular weight is 627 g/mol. The molecule has 0 N–H and O–H groups in total. The normalized spacial score (nSPS) is 23.3. The van der Waals surface area contributed by atoms with Crippen LogP contribution in [0.1, 0.15) is 56.1 Å². The summed E-state index contributed by atoms with van der Waals surface area (Å²) in [4.78, 5) is 31.9. The highest BCUT2D eigenvalue weighted by Gasteiger charge is 2.41. The smallest absolute Gasteiger partial charge is 0.416 e. The van der Waals surface area contributed by atoms with Crippen LogP contribution in [0.4, 0.5) is 13.2 Å². The molecule has 5 rings (SSSR count). The monoisotopic (exact) mass is 625 g/mol. The molecule has 0 radical (unpaired) electrons. The molecule has 0 spiro atoms. The van der Waals surface area contributed by atoms with Gasteiger partial charge in [-0.1, -0.05) is 29.3 Å². The summed E-state index contributed by atoms with van der Waals surface area (Å²) >= 11 is 12.5. The number of hydrogen-bond donors (Lipinski definition) is 0. The largest absolute Gasteiger partial charge is 0.490 e. The fourth-order valence-electron chi connectivity index (χ4n) is 6.52. The van der Waals surface area contributed by atoms with Crippen molar-refractivity contribution < 1.29 is 27.5 Å². The number of hydrogen-bond acceptors (Lipinski definition) is 4. The Hall–Kier alpha value is -2.49. The Labute approximate surface area is 254 Å². The van der Waals surface area contributed by atoms with Gasteiger partial charge in [-0.15, -0.1) is 0 Å². The molecule has 3 fully saturated rings. The van der Waals surface area contributed by atoms with E-state index >= 15 is 0 Å². The fourth-order valence-corrected chi connectivity index (χ4v) is 6.83. The topological polar surface area (TPSA) is 53.1 Å². The first kappa shape index (κ1) is 31.0. The molecule has 0 saturated carbocycles. The zero-order valence-electron chi connectivity index (χ0n) is 23.6. The maximum Gasteiger partial charge on any atom is 0.416 e. The SMILES string of the molecule is C[C@@H](Oc1ccc(C(F)(F)F)cc1)[C@@H]1CN(C(=O)CN2CCC(N3CCCCC3=O)CC2)C[C@H]1c1ccc(Cl)c(Cl)c1. The molecule has 6 nitrogen and oxygen atoms in total. The Morgan fingerprint density at radius 3 is 2.36 bits per heavy atom. The summed E-state index contributed by atoms with van der Waals surface area (Å²) in [5.41, 5.74) is 0.194. The number of benzene rings is 2. The quantitative estimate of drug-likeness (QED) is 0.353. The second-order valence-corrected chi connectivity index (χ2v) is 12.5. The van der Waals surface area contributed by atoms with Gasteiger partial charge in [-0.2, -0.15) is 13.2 Å². The van der Waals surface area contributed by atoms with E-state index in [0.717, 1.165) is 63.0 Å². The molecule has 11 heteroatoms. The summed E-state index contributed by atoms with van der Waals surface area (Å²) in [5.74, 6) is 0.397. The first-order valence-electron chi connectivity index (χ1n) is 14.6. The van der Waals surface area contributed by atoms with Gasteiger partial charge in [0.1, 0.15) is 11.9 Å². The molecular weight excluding hydrogens is 590 g/mol. The number of carbonyl (C=O) groups excluding carboxylic acids is 2. The lowest BCUT2D eigenvalue weighted by Gasteiger charge is -2.40. The number of amides is 2. The third-order valence-corrected chi connectivity index (χ3v) is 9.65. The average Bonchev–Trinajstić information content (AvgIpc) is 3.41. The van der Waals surface area contributed by atoms with Gasteiger partial charge in [0.2, 0.25) is 11.8 Å². The maximum atomic E-state index is 13.5. The molecule has 3 aliphatic rings. The van der Waals surface area contributed by atoms with Crippen molar-refractivity contribution in [2.45, 2.75) is 63.3 Å². The van der Waals surface area contributed by atoms with Gasteiger partial charge >= 0.3 is 6.18 Å². The second kappa shape index (κ2) is 13.0. The minimum atomic E-state index is -4.42. The maximum absolute atomic E-state index is 13.5. The fraction of sp³-hybridized carbons (Fsp3) is 0.548. The number of carbonyl (C=O) groups is 2. The van der Waals surface area contributed by atoms with E-state index in [1.807, 2.05) is 28.9 Å². The van der Waals surface area contributed by atoms with E-state index in [0.29, 0.717) is 41.8 Å². The van der Waals surface area contributed by atoms with Crippen LogP contribution in [0.5, 0.6) is 5.75 Å². The summed E-state index contributed by atoms with van der Waals surface area (Å²) in [6, 6.07) is 10.4. The van der Waals surface area contributed by atoms with E-state index in [1.165, 1.54) is 12.1 Å². The van der Waals surface area contributed by atoms with Gasteiger partial charge in [-0.3, -0.25) is 14.5 Å². The van der Waals surface area contributed by atoms with Crippen LogP contribution in [0, 0.1) is 5.92 Å². The standard InChI is InChI=1S/C31H36Cl2F3N3O3/c1-20(42-24-8-6-22(7-9-24)31(34,35)36)25-17-38(18-26(25)21-5-10-27(32)28(33)16-21)30(41)19-37-14-11-23(12-15-37)39-13-3-2-4-29(39)40/h5-10,16,20,23,25-26H,2-4,11-15,17-19H2,1H3/t20-,25+,26+/m1/s1. The van der Waals surface area contributed by atoms with E-state index < -0.39 is 17.8 Å². The summed E-state index contributed by atoms with van der Waals surface area (Å²) in [7, 11) is 0. The van der Waals surface area contributed by atoms with Crippen molar-refractivity contribution in [3.8, 4) is 5.75 Å². The second-order valence-electron chi connectivity index (χ2n) is 11.6. The lowest BCUT2D eigenvalue weighted by molar-refractivity contribution is -0.138. The summed E-state index contributed by atoms with van der Waals surface area (Å²) in [5, 5.41) is 0.857. The first-order chi connectivity index (χ1) is 20.0. The van der Waals surface area contributed by atoms with Crippen molar-refractivity contribution in [3.05, 3.63) is 63.6 Å². The molecule has 0 unspecified atom stereocenters. The Morgan fingerprint density at radius 1 is 1.00 bits per heavy atom. The van der Waals surface area contributed by atoms with Crippen molar-refractivity contribution >= 4 is 35.0 Å². The molecule has 3 atom stereocenters. The van der Waals surface area contributed by atoms with E-state index in [1.54, 1.807) is 6.07 Å². The number of halogens is 5. The predicted octanol–water partition coefficient (Wildman–Crippen LogP) is 6.50. The molecule has 228 valence electrons. The highest BCUT2D eigenvalue weighted by Crippen LogP contribution is 2.39. The van der Waals surface area contributed by atoms with E-state index in [4.69, 9.17) is 27.9 Å². The summed E-state index contributed by atoms with van der Waals surface area (Å²) < 4.78 is 45.2. The van der Waals surface area contributed by atoms with E-state index in [2.05, 4.69) is 4.90 Å². The number of piperidine rings is 2. The van der Waals surface area contributed by atoms with Crippen LogP contribution in [0.15, 0.2) is 42.5 Å². The first-order valence-corrected chi connectivity index (χ1v) is 15.3. The van der Waals surface area contributed by atoms with Crippen LogP contribution in [0.2, 0.25) is 10.0 Å². The molecule has 2 aromatic rings. The number of alkyl halides is 3. The van der Waals surface area contributed by atoms with Gasteiger partial charge in [0, 0.05) is 57.0 Å².